The molecule has 1 N–H and O–H groups in total. The Hall–Kier alpha value is -1.69. The average molecular weight is 363 g/mol. The number of aromatic nitrogens is 1. The van der Waals surface area contributed by atoms with E-state index in [2.05, 4.69) is 41.1 Å². The molecule has 0 bridgehead atoms. The quantitative estimate of drug-likeness (QED) is 0.783. The summed E-state index contributed by atoms with van der Waals surface area (Å²) in [5.41, 5.74) is 1.99. The van der Waals surface area contributed by atoms with Crippen LogP contribution < -0.4 is 5.32 Å². The molecular weight excluding hydrogens is 340 g/mol. The number of thiocarbonyl (C=S) groups is 1. The molecule has 128 valence electrons. The summed E-state index contributed by atoms with van der Waals surface area (Å²) in [4.78, 5) is 8.41. The predicted molar refractivity (Wildman–Crippen MR) is 106 cm³/mol. The molecule has 24 heavy (non-hydrogen) atoms. The lowest BCUT2D eigenvalue weighted by Gasteiger charge is -2.33. The zero-order valence-electron chi connectivity index (χ0n) is 14.2. The van der Waals surface area contributed by atoms with Crippen LogP contribution in [0.15, 0.2) is 48.8 Å². The van der Waals surface area contributed by atoms with Crippen LogP contribution >= 0.6 is 23.8 Å². The van der Waals surface area contributed by atoms with Gasteiger partial charge in [0.2, 0.25) is 0 Å². The first-order valence-corrected chi connectivity index (χ1v) is 8.64. The topological polar surface area (TPSA) is 31.4 Å². The van der Waals surface area contributed by atoms with Crippen molar-refractivity contribution in [2.45, 2.75) is 13.0 Å². The van der Waals surface area contributed by atoms with Gasteiger partial charge in [-0.15, -0.1) is 0 Å². The van der Waals surface area contributed by atoms with Crippen molar-refractivity contribution in [2.24, 2.45) is 0 Å². The van der Waals surface area contributed by atoms with E-state index in [1.165, 1.54) is 5.56 Å². The SMILES string of the molecule is CC(c1ccncc1)N(CCN(C)C)C(=S)Nc1ccccc1Cl. The fourth-order valence-electron chi connectivity index (χ4n) is 2.35. The van der Waals surface area contributed by atoms with Crippen LogP contribution in [0, 0.1) is 0 Å². The first-order chi connectivity index (χ1) is 11.5. The number of benzene rings is 1. The van der Waals surface area contributed by atoms with Gasteiger partial charge in [0.1, 0.15) is 0 Å². The van der Waals surface area contributed by atoms with E-state index < -0.39 is 0 Å². The van der Waals surface area contributed by atoms with Gasteiger partial charge in [-0.25, -0.2) is 0 Å². The second-order valence-electron chi connectivity index (χ2n) is 5.86. The van der Waals surface area contributed by atoms with Crippen LogP contribution in [0.3, 0.4) is 0 Å². The van der Waals surface area contributed by atoms with Crippen molar-refractivity contribution in [2.75, 3.05) is 32.5 Å². The minimum atomic E-state index is 0.135. The summed E-state index contributed by atoms with van der Waals surface area (Å²) in [6.45, 7) is 3.86. The highest BCUT2D eigenvalue weighted by Gasteiger charge is 2.19. The highest BCUT2D eigenvalue weighted by atomic mass is 35.5. The average Bonchev–Trinajstić information content (AvgIpc) is 2.57. The third-order valence-electron chi connectivity index (χ3n) is 3.82. The summed E-state index contributed by atoms with van der Waals surface area (Å²) in [5, 5.41) is 4.59. The minimum Gasteiger partial charge on any atom is -0.341 e. The second-order valence-corrected chi connectivity index (χ2v) is 6.66. The van der Waals surface area contributed by atoms with Crippen molar-refractivity contribution in [1.82, 2.24) is 14.8 Å². The van der Waals surface area contributed by atoms with E-state index in [4.69, 9.17) is 23.8 Å². The van der Waals surface area contributed by atoms with Crippen LogP contribution in [0.2, 0.25) is 5.02 Å². The molecule has 0 aliphatic heterocycles. The van der Waals surface area contributed by atoms with Crippen molar-refractivity contribution in [3.63, 3.8) is 0 Å². The van der Waals surface area contributed by atoms with Gasteiger partial charge in [-0.3, -0.25) is 4.98 Å². The summed E-state index contributed by atoms with van der Waals surface area (Å²) in [6.07, 6.45) is 3.61. The molecule has 1 unspecified atom stereocenters. The Labute approximate surface area is 154 Å². The van der Waals surface area contributed by atoms with Crippen LogP contribution in [0.25, 0.3) is 0 Å². The molecule has 1 heterocycles. The first-order valence-electron chi connectivity index (χ1n) is 7.86. The Balaban J connectivity index is 2.18. The molecule has 2 rings (SSSR count). The number of rotatable bonds is 6. The maximum Gasteiger partial charge on any atom is 0.174 e. The lowest BCUT2D eigenvalue weighted by atomic mass is 10.1. The second kappa shape index (κ2) is 8.97. The number of nitrogens with one attached hydrogen (secondary N) is 1. The van der Waals surface area contributed by atoms with E-state index in [0.29, 0.717) is 10.1 Å². The number of likely N-dealkylation sites (N-methyl/N-ethyl adjacent to an activating group) is 1. The Morgan fingerprint density at radius 3 is 2.46 bits per heavy atom. The summed E-state index contributed by atoms with van der Waals surface area (Å²) >= 11 is 11.9. The van der Waals surface area contributed by atoms with Gasteiger partial charge >= 0.3 is 0 Å². The standard InChI is InChI=1S/C18H23ClN4S/c1-14(15-8-10-20-11-9-15)23(13-12-22(2)3)18(24)21-17-7-5-4-6-16(17)19/h4-11,14H,12-13H2,1-3H3,(H,21,24). The van der Waals surface area contributed by atoms with E-state index in [1.807, 2.05) is 36.4 Å². The fourth-order valence-corrected chi connectivity index (χ4v) is 2.89. The van der Waals surface area contributed by atoms with Crippen LogP contribution in [-0.4, -0.2) is 47.1 Å². The minimum absolute atomic E-state index is 0.135. The van der Waals surface area contributed by atoms with Crippen molar-refractivity contribution in [3.05, 3.63) is 59.4 Å². The molecule has 0 saturated carbocycles. The highest BCUT2D eigenvalue weighted by molar-refractivity contribution is 7.80. The molecular formula is C18H23ClN4S. The number of pyridine rings is 1. The van der Waals surface area contributed by atoms with E-state index >= 15 is 0 Å². The van der Waals surface area contributed by atoms with E-state index in [-0.39, 0.29) is 6.04 Å². The number of halogens is 1. The Bertz CT molecular complexity index is 663. The summed E-state index contributed by atoms with van der Waals surface area (Å²) in [7, 11) is 4.11. The predicted octanol–water partition coefficient (Wildman–Crippen LogP) is 4.06. The van der Waals surface area contributed by atoms with Gasteiger partial charge in [0, 0.05) is 25.5 Å². The largest absolute Gasteiger partial charge is 0.341 e. The van der Waals surface area contributed by atoms with Crippen LogP contribution in [0.5, 0.6) is 0 Å². The van der Waals surface area contributed by atoms with Gasteiger partial charge in [-0.1, -0.05) is 23.7 Å². The Morgan fingerprint density at radius 2 is 1.83 bits per heavy atom. The fraction of sp³-hybridized carbons (Fsp3) is 0.333. The normalized spacial score (nSPS) is 12.0. The lowest BCUT2D eigenvalue weighted by Crippen LogP contribution is -2.41. The molecule has 0 aliphatic rings. The van der Waals surface area contributed by atoms with Crippen molar-refractivity contribution in [3.8, 4) is 0 Å². The zero-order chi connectivity index (χ0) is 17.5. The zero-order valence-corrected chi connectivity index (χ0v) is 15.8. The first kappa shape index (κ1) is 18.6. The van der Waals surface area contributed by atoms with Crippen molar-refractivity contribution in [1.29, 1.82) is 0 Å². The van der Waals surface area contributed by atoms with Crippen LogP contribution in [0.1, 0.15) is 18.5 Å². The molecule has 4 nitrogen and oxygen atoms in total. The number of hydrogen-bond acceptors (Lipinski definition) is 3. The van der Waals surface area contributed by atoms with Gasteiger partial charge in [-0.2, -0.15) is 0 Å². The molecule has 0 aliphatic carbocycles. The van der Waals surface area contributed by atoms with Crippen LogP contribution in [0.4, 0.5) is 5.69 Å². The van der Waals surface area contributed by atoms with Gasteiger partial charge in [-0.05, 0) is 63.1 Å². The molecule has 2 aromatic rings. The number of nitrogens with zero attached hydrogens (tertiary/aromatic N) is 3. The van der Waals surface area contributed by atoms with E-state index in [9.17, 15) is 0 Å². The maximum atomic E-state index is 6.24. The molecule has 0 radical (unpaired) electrons. The number of hydrogen-bond donors (Lipinski definition) is 1. The molecule has 1 aromatic carbocycles. The number of para-hydroxylation sites is 1. The molecule has 0 fully saturated rings. The van der Waals surface area contributed by atoms with Gasteiger partial charge in [0.05, 0.1) is 16.8 Å². The smallest absolute Gasteiger partial charge is 0.174 e. The highest BCUT2D eigenvalue weighted by Crippen LogP contribution is 2.24. The summed E-state index contributed by atoms with van der Waals surface area (Å²) in [5.74, 6) is 0. The molecule has 6 heteroatoms. The monoisotopic (exact) mass is 362 g/mol. The summed E-state index contributed by atoms with van der Waals surface area (Å²) in [6, 6.07) is 11.8. The molecule has 0 spiro atoms. The summed E-state index contributed by atoms with van der Waals surface area (Å²) < 4.78 is 0. The lowest BCUT2D eigenvalue weighted by molar-refractivity contribution is 0.289. The molecule has 0 amide bonds. The third kappa shape index (κ3) is 5.16. The third-order valence-corrected chi connectivity index (χ3v) is 4.49. The van der Waals surface area contributed by atoms with Crippen LogP contribution in [-0.2, 0) is 0 Å². The molecule has 0 saturated heterocycles. The molecule has 1 aromatic heterocycles. The molecule has 1 atom stereocenters. The van der Waals surface area contributed by atoms with Gasteiger partial charge < -0.3 is 15.1 Å². The van der Waals surface area contributed by atoms with Crippen molar-refractivity contribution < 1.29 is 0 Å². The van der Waals surface area contributed by atoms with E-state index in [0.717, 1.165) is 18.8 Å². The van der Waals surface area contributed by atoms with Gasteiger partial charge in [0.25, 0.3) is 0 Å². The van der Waals surface area contributed by atoms with E-state index in [1.54, 1.807) is 12.4 Å². The Morgan fingerprint density at radius 1 is 1.17 bits per heavy atom. The van der Waals surface area contributed by atoms with Gasteiger partial charge in [0.15, 0.2) is 5.11 Å². The Kier molecular flexibility index (Phi) is 6.97. The number of anilines is 1. The van der Waals surface area contributed by atoms with Crippen molar-refractivity contribution >= 4 is 34.6 Å². The maximum absolute atomic E-state index is 6.24.